The molecule has 0 aromatic heterocycles. The number of hydrogen-bond donors (Lipinski definition) is 2. The molecule has 0 bridgehead atoms. The third-order valence-electron chi connectivity index (χ3n) is 4.00. The summed E-state index contributed by atoms with van der Waals surface area (Å²) >= 11 is 0. The van der Waals surface area contributed by atoms with E-state index in [-0.39, 0.29) is 5.56 Å². The van der Waals surface area contributed by atoms with Crippen LogP contribution in [-0.2, 0) is 0 Å². The van der Waals surface area contributed by atoms with E-state index in [9.17, 15) is 4.79 Å². The maximum Gasteiger partial charge on any atom is 0.339 e. The van der Waals surface area contributed by atoms with Crippen molar-refractivity contribution in [3.05, 3.63) is 29.8 Å². The highest BCUT2D eigenvalue weighted by Crippen LogP contribution is 2.23. The van der Waals surface area contributed by atoms with Crippen LogP contribution in [0, 0.1) is 5.92 Å². The quantitative estimate of drug-likeness (QED) is 0.785. The van der Waals surface area contributed by atoms with Gasteiger partial charge in [0.2, 0.25) is 0 Å². The van der Waals surface area contributed by atoms with Crippen LogP contribution in [0.5, 0.6) is 5.75 Å². The highest BCUT2D eigenvalue weighted by atomic mass is 16.5. The fourth-order valence-electron chi connectivity index (χ4n) is 2.79. The minimum atomic E-state index is -0.950. The molecule has 2 unspecified atom stereocenters. The molecule has 20 heavy (non-hydrogen) atoms. The van der Waals surface area contributed by atoms with Gasteiger partial charge in [-0.05, 0) is 30.9 Å². The summed E-state index contributed by atoms with van der Waals surface area (Å²) in [6, 6.07) is 7.33. The Morgan fingerprint density at radius 1 is 1.35 bits per heavy atom. The number of carboxylic acid groups (broad SMARTS) is 1. The molecule has 1 saturated carbocycles. The van der Waals surface area contributed by atoms with Crippen molar-refractivity contribution in [2.45, 2.75) is 38.6 Å². The number of carbonyl (C=O) groups is 1. The van der Waals surface area contributed by atoms with Crippen LogP contribution >= 0.6 is 0 Å². The summed E-state index contributed by atoms with van der Waals surface area (Å²) in [5, 5.41) is 12.6. The number of hydrogen-bond acceptors (Lipinski definition) is 3. The standard InChI is InChI=1S/C16H23NO3/c1-12-6-2-4-8-14(12)17-10-11-20-15-9-5-3-7-13(15)16(18)19/h3,5,7,9,12,14,17H,2,4,6,8,10-11H2,1H3,(H,18,19). The molecular formula is C16H23NO3. The van der Waals surface area contributed by atoms with Crippen LogP contribution in [0.2, 0.25) is 0 Å². The van der Waals surface area contributed by atoms with Gasteiger partial charge in [0.05, 0.1) is 0 Å². The van der Waals surface area contributed by atoms with Crippen LogP contribution in [0.1, 0.15) is 43.0 Å². The molecule has 0 heterocycles. The smallest absolute Gasteiger partial charge is 0.339 e. The third kappa shape index (κ3) is 3.97. The molecule has 1 aliphatic carbocycles. The van der Waals surface area contributed by atoms with E-state index in [0.29, 0.717) is 18.4 Å². The van der Waals surface area contributed by atoms with Crippen LogP contribution in [0.4, 0.5) is 0 Å². The van der Waals surface area contributed by atoms with Gasteiger partial charge < -0.3 is 15.2 Å². The molecule has 1 fully saturated rings. The molecule has 1 aromatic rings. The monoisotopic (exact) mass is 277 g/mol. The Hall–Kier alpha value is -1.55. The van der Waals surface area contributed by atoms with Gasteiger partial charge in [-0.3, -0.25) is 0 Å². The van der Waals surface area contributed by atoms with Crippen LogP contribution < -0.4 is 10.1 Å². The van der Waals surface area contributed by atoms with E-state index < -0.39 is 5.97 Å². The normalized spacial score (nSPS) is 22.4. The first-order chi connectivity index (χ1) is 9.68. The van der Waals surface area contributed by atoms with Crippen molar-refractivity contribution in [1.29, 1.82) is 0 Å². The average molecular weight is 277 g/mol. The Morgan fingerprint density at radius 3 is 2.85 bits per heavy atom. The van der Waals surface area contributed by atoms with Crippen LogP contribution in [0.25, 0.3) is 0 Å². The van der Waals surface area contributed by atoms with E-state index in [1.165, 1.54) is 25.7 Å². The minimum absolute atomic E-state index is 0.221. The lowest BCUT2D eigenvalue weighted by molar-refractivity contribution is 0.0692. The fourth-order valence-corrected chi connectivity index (χ4v) is 2.79. The second kappa shape index (κ2) is 7.29. The lowest BCUT2D eigenvalue weighted by atomic mass is 9.86. The largest absolute Gasteiger partial charge is 0.491 e. The number of para-hydroxylation sites is 1. The highest BCUT2D eigenvalue weighted by molar-refractivity contribution is 5.90. The van der Waals surface area contributed by atoms with Crippen molar-refractivity contribution in [2.24, 2.45) is 5.92 Å². The van der Waals surface area contributed by atoms with Crippen molar-refractivity contribution >= 4 is 5.97 Å². The zero-order chi connectivity index (χ0) is 14.4. The van der Waals surface area contributed by atoms with Crippen LogP contribution in [0.3, 0.4) is 0 Å². The molecule has 2 atom stereocenters. The van der Waals surface area contributed by atoms with Crippen molar-refractivity contribution < 1.29 is 14.6 Å². The van der Waals surface area contributed by atoms with Crippen molar-refractivity contribution in [1.82, 2.24) is 5.32 Å². The van der Waals surface area contributed by atoms with Gasteiger partial charge in [-0.25, -0.2) is 4.79 Å². The van der Waals surface area contributed by atoms with Gasteiger partial charge in [0.1, 0.15) is 17.9 Å². The molecule has 2 N–H and O–H groups in total. The zero-order valence-corrected chi connectivity index (χ0v) is 12.0. The molecule has 4 nitrogen and oxygen atoms in total. The number of rotatable bonds is 6. The van der Waals surface area contributed by atoms with E-state index in [4.69, 9.17) is 9.84 Å². The van der Waals surface area contributed by atoms with E-state index in [1.807, 2.05) is 0 Å². The first-order valence-corrected chi connectivity index (χ1v) is 7.37. The first-order valence-electron chi connectivity index (χ1n) is 7.37. The van der Waals surface area contributed by atoms with E-state index in [1.54, 1.807) is 24.3 Å². The zero-order valence-electron chi connectivity index (χ0n) is 12.0. The molecule has 1 aromatic carbocycles. The van der Waals surface area contributed by atoms with Gasteiger partial charge in [0, 0.05) is 12.6 Å². The number of nitrogens with one attached hydrogen (secondary N) is 1. The van der Waals surface area contributed by atoms with Crippen LogP contribution in [-0.4, -0.2) is 30.3 Å². The molecule has 1 aliphatic rings. The fraction of sp³-hybridized carbons (Fsp3) is 0.562. The van der Waals surface area contributed by atoms with Gasteiger partial charge in [0.15, 0.2) is 0 Å². The van der Waals surface area contributed by atoms with Gasteiger partial charge in [-0.1, -0.05) is 31.9 Å². The minimum Gasteiger partial charge on any atom is -0.491 e. The molecule has 0 saturated heterocycles. The Bertz CT molecular complexity index is 447. The number of benzene rings is 1. The predicted molar refractivity (Wildman–Crippen MR) is 78.3 cm³/mol. The SMILES string of the molecule is CC1CCCCC1NCCOc1ccccc1C(=O)O. The topological polar surface area (TPSA) is 58.6 Å². The number of carboxylic acids is 1. The summed E-state index contributed by atoms with van der Waals surface area (Å²) in [7, 11) is 0. The van der Waals surface area contributed by atoms with Gasteiger partial charge >= 0.3 is 5.97 Å². The van der Waals surface area contributed by atoms with E-state index in [2.05, 4.69) is 12.2 Å². The third-order valence-corrected chi connectivity index (χ3v) is 4.00. The maximum atomic E-state index is 11.0. The second-order valence-corrected chi connectivity index (χ2v) is 5.47. The van der Waals surface area contributed by atoms with Crippen molar-refractivity contribution in [3.8, 4) is 5.75 Å². The highest BCUT2D eigenvalue weighted by Gasteiger charge is 2.20. The Labute approximate surface area is 120 Å². The second-order valence-electron chi connectivity index (χ2n) is 5.47. The summed E-state index contributed by atoms with van der Waals surface area (Å²) in [6.07, 6.45) is 5.15. The van der Waals surface area contributed by atoms with Crippen molar-refractivity contribution in [3.63, 3.8) is 0 Å². The molecule has 4 heteroatoms. The van der Waals surface area contributed by atoms with Gasteiger partial charge in [-0.15, -0.1) is 0 Å². The van der Waals surface area contributed by atoms with Crippen LogP contribution in [0.15, 0.2) is 24.3 Å². The first kappa shape index (κ1) is 14.9. The summed E-state index contributed by atoms with van der Waals surface area (Å²) in [4.78, 5) is 11.0. The Balaban J connectivity index is 1.77. The van der Waals surface area contributed by atoms with Gasteiger partial charge in [0.25, 0.3) is 0 Å². The molecule has 2 rings (SSSR count). The lowest BCUT2D eigenvalue weighted by Gasteiger charge is -2.29. The molecule has 0 spiro atoms. The molecule has 0 aliphatic heterocycles. The number of ether oxygens (including phenoxy) is 1. The molecular weight excluding hydrogens is 254 g/mol. The molecule has 110 valence electrons. The Kier molecular flexibility index (Phi) is 5.41. The summed E-state index contributed by atoms with van der Waals surface area (Å²) < 4.78 is 5.58. The predicted octanol–water partition coefficient (Wildman–Crippen LogP) is 2.93. The average Bonchev–Trinajstić information content (AvgIpc) is 2.45. The Morgan fingerprint density at radius 2 is 2.10 bits per heavy atom. The van der Waals surface area contributed by atoms with E-state index >= 15 is 0 Å². The maximum absolute atomic E-state index is 11.0. The molecule has 0 radical (unpaired) electrons. The lowest BCUT2D eigenvalue weighted by Crippen LogP contribution is -2.39. The summed E-state index contributed by atoms with van der Waals surface area (Å²) in [6.45, 7) is 3.54. The van der Waals surface area contributed by atoms with Crippen molar-refractivity contribution in [2.75, 3.05) is 13.2 Å². The van der Waals surface area contributed by atoms with E-state index in [0.717, 1.165) is 12.5 Å². The summed E-state index contributed by atoms with van der Waals surface area (Å²) in [5.74, 6) is 0.211. The molecule has 0 amide bonds. The van der Waals surface area contributed by atoms with Gasteiger partial charge in [-0.2, -0.15) is 0 Å². The number of aromatic carboxylic acids is 1. The summed E-state index contributed by atoms with van der Waals surface area (Å²) in [5.41, 5.74) is 0.221.